The highest BCUT2D eigenvalue weighted by Gasteiger charge is 2.14. The van der Waals surface area contributed by atoms with E-state index in [0.29, 0.717) is 18.2 Å². The smallest absolute Gasteiger partial charge is 0.225 e. The monoisotopic (exact) mass is 284 g/mol. The van der Waals surface area contributed by atoms with E-state index in [1.54, 1.807) is 4.68 Å². The van der Waals surface area contributed by atoms with Crippen LogP contribution in [0.3, 0.4) is 0 Å². The van der Waals surface area contributed by atoms with Gasteiger partial charge in [-0.25, -0.2) is 14.6 Å². The zero-order valence-electron chi connectivity index (χ0n) is 11.9. The molecule has 0 fully saturated rings. The number of fused-ring (bicyclic) bond motifs is 1. The van der Waals surface area contributed by atoms with Crippen molar-refractivity contribution in [1.29, 1.82) is 0 Å². The van der Waals surface area contributed by atoms with E-state index in [2.05, 4.69) is 15.1 Å². The van der Waals surface area contributed by atoms with Gasteiger partial charge in [-0.1, -0.05) is 0 Å². The Kier molecular flexibility index (Phi) is 3.17. The van der Waals surface area contributed by atoms with Crippen molar-refractivity contribution in [1.82, 2.24) is 24.3 Å². The van der Waals surface area contributed by atoms with Crippen molar-refractivity contribution in [2.45, 2.75) is 19.9 Å². The first-order chi connectivity index (χ1) is 10.1. The van der Waals surface area contributed by atoms with Gasteiger partial charge in [0, 0.05) is 25.2 Å². The van der Waals surface area contributed by atoms with E-state index < -0.39 is 5.91 Å². The quantitative estimate of drug-likeness (QED) is 0.769. The van der Waals surface area contributed by atoms with Gasteiger partial charge < -0.3 is 10.3 Å². The fourth-order valence-electron chi connectivity index (χ4n) is 2.29. The van der Waals surface area contributed by atoms with E-state index in [-0.39, 0.29) is 6.42 Å². The SMILES string of the molecule is CCn1nc(CC(N)=O)nc1-c1ccc2ccn(C)c2n1. The summed E-state index contributed by atoms with van der Waals surface area (Å²) in [6.45, 7) is 2.61. The number of hydrogen-bond donors (Lipinski definition) is 1. The van der Waals surface area contributed by atoms with Crippen molar-refractivity contribution in [3.8, 4) is 11.5 Å². The summed E-state index contributed by atoms with van der Waals surface area (Å²) in [5.74, 6) is 0.630. The topological polar surface area (TPSA) is 91.6 Å². The molecule has 3 heterocycles. The second kappa shape index (κ2) is 5.01. The molecule has 0 bridgehead atoms. The molecule has 0 aliphatic heterocycles. The van der Waals surface area contributed by atoms with Crippen LogP contribution in [-0.4, -0.2) is 30.2 Å². The number of carbonyl (C=O) groups is 1. The minimum atomic E-state index is -0.444. The van der Waals surface area contributed by atoms with E-state index >= 15 is 0 Å². The van der Waals surface area contributed by atoms with Crippen LogP contribution in [0.5, 0.6) is 0 Å². The van der Waals surface area contributed by atoms with Gasteiger partial charge in [0.2, 0.25) is 5.91 Å². The molecule has 3 aromatic heterocycles. The Bertz CT molecular complexity index is 816. The Morgan fingerprint density at radius 1 is 1.29 bits per heavy atom. The minimum absolute atomic E-state index is 0.0341. The van der Waals surface area contributed by atoms with Crippen molar-refractivity contribution in [2.75, 3.05) is 0 Å². The highest BCUT2D eigenvalue weighted by atomic mass is 16.1. The average molecular weight is 284 g/mol. The summed E-state index contributed by atoms with van der Waals surface area (Å²) in [6.07, 6.45) is 2.00. The third-order valence-corrected chi connectivity index (χ3v) is 3.29. The number of aromatic nitrogens is 5. The van der Waals surface area contributed by atoms with Crippen molar-refractivity contribution < 1.29 is 4.79 Å². The van der Waals surface area contributed by atoms with E-state index in [1.807, 2.05) is 42.9 Å². The molecule has 0 aliphatic carbocycles. The number of carbonyl (C=O) groups excluding carboxylic acids is 1. The Labute approximate surface area is 121 Å². The Morgan fingerprint density at radius 2 is 2.10 bits per heavy atom. The van der Waals surface area contributed by atoms with Crippen LogP contribution in [0.2, 0.25) is 0 Å². The normalized spacial score (nSPS) is 11.1. The molecule has 0 atom stereocenters. The second-order valence-corrected chi connectivity index (χ2v) is 4.85. The molecule has 7 nitrogen and oxygen atoms in total. The average Bonchev–Trinajstić information content (AvgIpc) is 3.02. The van der Waals surface area contributed by atoms with E-state index in [1.165, 1.54) is 0 Å². The summed E-state index contributed by atoms with van der Waals surface area (Å²) in [5.41, 5.74) is 6.81. The van der Waals surface area contributed by atoms with Crippen LogP contribution in [0.15, 0.2) is 24.4 Å². The summed E-state index contributed by atoms with van der Waals surface area (Å²) in [7, 11) is 1.95. The molecular formula is C14H16N6O. The molecule has 2 N–H and O–H groups in total. The molecule has 21 heavy (non-hydrogen) atoms. The van der Waals surface area contributed by atoms with E-state index in [0.717, 1.165) is 16.7 Å². The summed E-state index contributed by atoms with van der Waals surface area (Å²) < 4.78 is 3.69. The van der Waals surface area contributed by atoms with Crippen LogP contribution in [-0.2, 0) is 24.8 Å². The molecule has 3 rings (SSSR count). The maximum atomic E-state index is 11.0. The summed E-state index contributed by atoms with van der Waals surface area (Å²) in [5, 5.41) is 5.36. The molecule has 3 aromatic rings. The second-order valence-electron chi connectivity index (χ2n) is 4.85. The lowest BCUT2D eigenvalue weighted by molar-refractivity contribution is -0.117. The highest BCUT2D eigenvalue weighted by molar-refractivity contribution is 5.79. The number of hydrogen-bond acceptors (Lipinski definition) is 4. The van der Waals surface area contributed by atoms with Crippen LogP contribution in [0.25, 0.3) is 22.6 Å². The Balaban J connectivity index is 2.10. The molecular weight excluding hydrogens is 268 g/mol. The van der Waals surface area contributed by atoms with Gasteiger partial charge in [-0.3, -0.25) is 4.79 Å². The lowest BCUT2D eigenvalue weighted by Gasteiger charge is -2.03. The Morgan fingerprint density at radius 3 is 2.81 bits per heavy atom. The predicted molar refractivity (Wildman–Crippen MR) is 78.3 cm³/mol. The number of nitrogens with two attached hydrogens (primary N) is 1. The van der Waals surface area contributed by atoms with Gasteiger partial charge in [0.05, 0.1) is 6.42 Å². The third kappa shape index (κ3) is 2.37. The number of aryl methyl sites for hydroxylation is 2. The molecule has 108 valence electrons. The van der Waals surface area contributed by atoms with E-state index in [9.17, 15) is 4.79 Å². The van der Waals surface area contributed by atoms with Crippen LogP contribution in [0.1, 0.15) is 12.7 Å². The molecule has 0 saturated carbocycles. The standard InChI is InChI=1S/C14H16N6O/c1-3-20-14(17-12(18-20)8-11(15)21)10-5-4-9-6-7-19(2)13(9)16-10/h4-7H,3,8H2,1-2H3,(H2,15,21). The number of primary amides is 1. The molecule has 1 amide bonds. The van der Waals surface area contributed by atoms with Crippen LogP contribution < -0.4 is 5.73 Å². The van der Waals surface area contributed by atoms with Crippen molar-refractivity contribution in [3.63, 3.8) is 0 Å². The summed E-state index contributed by atoms with van der Waals surface area (Å²) in [4.78, 5) is 20.0. The van der Waals surface area contributed by atoms with Gasteiger partial charge >= 0.3 is 0 Å². The third-order valence-electron chi connectivity index (χ3n) is 3.29. The molecule has 0 unspecified atom stereocenters. The van der Waals surface area contributed by atoms with Crippen molar-refractivity contribution in [3.05, 3.63) is 30.2 Å². The molecule has 0 radical (unpaired) electrons. The van der Waals surface area contributed by atoms with Gasteiger partial charge in [0.15, 0.2) is 11.6 Å². The van der Waals surface area contributed by atoms with Gasteiger partial charge in [-0.2, -0.15) is 5.10 Å². The Hall–Kier alpha value is -2.70. The minimum Gasteiger partial charge on any atom is -0.369 e. The molecule has 0 spiro atoms. The fraction of sp³-hybridized carbons (Fsp3) is 0.286. The first kappa shape index (κ1) is 13.3. The molecule has 0 aromatic carbocycles. The number of rotatable bonds is 4. The zero-order valence-corrected chi connectivity index (χ0v) is 11.9. The molecule has 7 heteroatoms. The summed E-state index contributed by atoms with van der Waals surface area (Å²) >= 11 is 0. The van der Waals surface area contributed by atoms with Crippen LogP contribution in [0, 0.1) is 0 Å². The lowest BCUT2D eigenvalue weighted by atomic mass is 10.3. The highest BCUT2D eigenvalue weighted by Crippen LogP contribution is 2.20. The zero-order chi connectivity index (χ0) is 15.0. The molecule has 0 aliphatic rings. The van der Waals surface area contributed by atoms with Gasteiger partial charge in [-0.05, 0) is 25.1 Å². The van der Waals surface area contributed by atoms with Gasteiger partial charge in [0.1, 0.15) is 11.3 Å². The number of amides is 1. The lowest BCUT2D eigenvalue weighted by Crippen LogP contribution is -2.14. The molecule has 0 saturated heterocycles. The number of nitrogens with zero attached hydrogens (tertiary/aromatic N) is 5. The van der Waals surface area contributed by atoms with Crippen molar-refractivity contribution in [2.24, 2.45) is 12.8 Å². The van der Waals surface area contributed by atoms with Crippen LogP contribution in [0.4, 0.5) is 0 Å². The van der Waals surface area contributed by atoms with Crippen molar-refractivity contribution >= 4 is 16.9 Å². The maximum absolute atomic E-state index is 11.0. The van der Waals surface area contributed by atoms with Gasteiger partial charge in [-0.15, -0.1) is 0 Å². The first-order valence-corrected chi connectivity index (χ1v) is 6.73. The first-order valence-electron chi connectivity index (χ1n) is 6.73. The van der Waals surface area contributed by atoms with E-state index in [4.69, 9.17) is 5.73 Å². The summed E-state index contributed by atoms with van der Waals surface area (Å²) in [6, 6.07) is 5.92. The number of pyridine rings is 1. The van der Waals surface area contributed by atoms with Crippen LogP contribution >= 0.6 is 0 Å². The predicted octanol–water partition coefficient (Wildman–Crippen LogP) is 0.880. The fourth-order valence-corrected chi connectivity index (χ4v) is 2.29. The van der Waals surface area contributed by atoms with Gasteiger partial charge in [0.25, 0.3) is 0 Å². The maximum Gasteiger partial charge on any atom is 0.225 e. The largest absolute Gasteiger partial charge is 0.369 e.